The normalized spacial score (nSPS) is 10.6. The zero-order valence-corrected chi connectivity index (χ0v) is 13.0. The molecule has 3 heterocycles. The van der Waals surface area contributed by atoms with Crippen molar-refractivity contribution in [3.63, 3.8) is 0 Å². The Bertz CT molecular complexity index is 993. The highest BCUT2D eigenvalue weighted by molar-refractivity contribution is 6.02. The number of aromatic nitrogens is 4. The molecule has 1 aromatic carbocycles. The van der Waals surface area contributed by atoms with Crippen molar-refractivity contribution in [3.05, 3.63) is 78.9 Å². The minimum absolute atomic E-state index is 0.261. The van der Waals surface area contributed by atoms with Crippen LogP contribution in [-0.2, 0) is 0 Å². The number of anilines is 1. The summed E-state index contributed by atoms with van der Waals surface area (Å²) >= 11 is 0. The number of carbonyl (C=O) groups is 1. The molecule has 1 N–H and O–H groups in total. The average Bonchev–Trinajstić information content (AvgIpc) is 3.35. The molecule has 1 amide bonds. The van der Waals surface area contributed by atoms with Gasteiger partial charge in [0.05, 0.1) is 5.69 Å². The van der Waals surface area contributed by atoms with E-state index >= 15 is 0 Å². The van der Waals surface area contributed by atoms with Crippen molar-refractivity contribution in [2.24, 2.45) is 0 Å². The lowest BCUT2D eigenvalue weighted by molar-refractivity contribution is 0.102. The number of benzene rings is 1. The number of hydrogen-bond donors (Lipinski definition) is 1. The van der Waals surface area contributed by atoms with Crippen molar-refractivity contribution >= 4 is 11.7 Å². The van der Waals surface area contributed by atoms with Gasteiger partial charge in [0.1, 0.15) is 5.69 Å². The molecule has 0 aliphatic carbocycles. The van der Waals surface area contributed by atoms with Crippen LogP contribution in [0.5, 0.6) is 0 Å². The SMILES string of the molecule is O=C(Nc1cc(-c2ccccc2)on1)c1cc(-n2cccn2)ccn1. The van der Waals surface area contributed by atoms with Gasteiger partial charge in [-0.2, -0.15) is 5.10 Å². The van der Waals surface area contributed by atoms with Crippen LogP contribution in [0, 0.1) is 0 Å². The topological polar surface area (TPSA) is 85.8 Å². The number of nitrogens with one attached hydrogen (secondary N) is 1. The van der Waals surface area contributed by atoms with Crippen LogP contribution in [0.25, 0.3) is 17.0 Å². The molecule has 0 radical (unpaired) electrons. The Hall–Kier alpha value is -3.74. The van der Waals surface area contributed by atoms with E-state index in [2.05, 4.69) is 20.6 Å². The number of carbonyl (C=O) groups excluding carboxylic acids is 1. The molecule has 0 spiro atoms. The van der Waals surface area contributed by atoms with Gasteiger partial charge in [-0.25, -0.2) is 4.68 Å². The summed E-state index contributed by atoms with van der Waals surface area (Å²) in [6, 6.07) is 16.4. The van der Waals surface area contributed by atoms with Gasteiger partial charge in [-0.3, -0.25) is 9.78 Å². The van der Waals surface area contributed by atoms with Crippen LogP contribution >= 0.6 is 0 Å². The number of rotatable bonds is 4. The van der Waals surface area contributed by atoms with Crippen molar-refractivity contribution in [1.29, 1.82) is 0 Å². The van der Waals surface area contributed by atoms with Crippen LogP contribution in [0.3, 0.4) is 0 Å². The maximum Gasteiger partial charge on any atom is 0.275 e. The van der Waals surface area contributed by atoms with Crippen LogP contribution in [0.15, 0.2) is 77.7 Å². The largest absolute Gasteiger partial charge is 0.354 e. The second-order valence-corrected chi connectivity index (χ2v) is 5.25. The minimum Gasteiger partial charge on any atom is -0.354 e. The zero-order valence-electron chi connectivity index (χ0n) is 13.0. The second kappa shape index (κ2) is 6.40. The van der Waals surface area contributed by atoms with Crippen LogP contribution in [0.2, 0.25) is 0 Å². The highest BCUT2D eigenvalue weighted by Gasteiger charge is 2.13. The lowest BCUT2D eigenvalue weighted by Gasteiger charge is -2.04. The van der Waals surface area contributed by atoms with Crippen LogP contribution < -0.4 is 5.32 Å². The summed E-state index contributed by atoms with van der Waals surface area (Å²) in [5, 5.41) is 10.7. The third-order valence-corrected chi connectivity index (χ3v) is 3.56. The Labute approximate surface area is 142 Å². The first-order chi connectivity index (χ1) is 12.3. The summed E-state index contributed by atoms with van der Waals surface area (Å²) < 4.78 is 6.93. The van der Waals surface area contributed by atoms with Gasteiger partial charge in [0, 0.05) is 30.2 Å². The Morgan fingerprint density at radius 3 is 2.72 bits per heavy atom. The standard InChI is InChI=1S/C18H13N5O2/c24-18(15-11-14(7-9-19-15)23-10-4-8-20-23)21-17-12-16(25-22-17)13-5-2-1-3-6-13/h1-12H,(H,21,22,24). The fourth-order valence-electron chi connectivity index (χ4n) is 2.36. The summed E-state index contributed by atoms with van der Waals surface area (Å²) in [7, 11) is 0. The molecule has 0 atom stereocenters. The summed E-state index contributed by atoms with van der Waals surface area (Å²) in [6.07, 6.45) is 5.02. The molecule has 0 aliphatic heterocycles. The van der Waals surface area contributed by atoms with Crippen LogP contribution in [0.4, 0.5) is 5.82 Å². The Kier molecular flexibility index (Phi) is 3.80. The van der Waals surface area contributed by atoms with Crippen molar-refractivity contribution in [2.45, 2.75) is 0 Å². The zero-order chi connectivity index (χ0) is 17.1. The number of hydrogen-bond acceptors (Lipinski definition) is 5. The van der Waals surface area contributed by atoms with Crippen molar-refractivity contribution in [1.82, 2.24) is 19.9 Å². The molecular formula is C18H13N5O2. The molecule has 0 saturated heterocycles. The first-order valence-electron chi connectivity index (χ1n) is 7.59. The van der Waals surface area contributed by atoms with Gasteiger partial charge >= 0.3 is 0 Å². The van der Waals surface area contributed by atoms with E-state index in [1.54, 1.807) is 47.5 Å². The van der Waals surface area contributed by atoms with Gasteiger partial charge in [-0.15, -0.1) is 0 Å². The van der Waals surface area contributed by atoms with E-state index in [-0.39, 0.29) is 11.6 Å². The molecule has 122 valence electrons. The van der Waals surface area contributed by atoms with E-state index in [0.717, 1.165) is 11.3 Å². The maximum absolute atomic E-state index is 12.4. The Morgan fingerprint density at radius 2 is 1.92 bits per heavy atom. The quantitative estimate of drug-likeness (QED) is 0.621. The fourth-order valence-corrected chi connectivity index (χ4v) is 2.36. The first kappa shape index (κ1) is 14.8. The molecular weight excluding hydrogens is 318 g/mol. The highest BCUT2D eigenvalue weighted by Crippen LogP contribution is 2.22. The molecule has 7 nitrogen and oxygen atoms in total. The molecule has 4 rings (SSSR count). The lowest BCUT2D eigenvalue weighted by Crippen LogP contribution is -2.14. The van der Waals surface area contributed by atoms with E-state index in [1.807, 2.05) is 30.3 Å². The first-order valence-corrected chi connectivity index (χ1v) is 7.59. The Balaban J connectivity index is 1.53. The molecule has 7 heteroatoms. The van der Waals surface area contributed by atoms with Crippen molar-refractivity contribution < 1.29 is 9.32 Å². The van der Waals surface area contributed by atoms with E-state index < -0.39 is 0 Å². The molecule has 4 aromatic rings. The van der Waals surface area contributed by atoms with Crippen LogP contribution in [0.1, 0.15) is 10.5 Å². The number of amides is 1. The maximum atomic E-state index is 12.4. The van der Waals surface area contributed by atoms with Gasteiger partial charge in [0.25, 0.3) is 5.91 Å². The predicted molar refractivity (Wildman–Crippen MR) is 91.3 cm³/mol. The smallest absolute Gasteiger partial charge is 0.275 e. The van der Waals surface area contributed by atoms with Crippen molar-refractivity contribution in [3.8, 4) is 17.0 Å². The molecule has 25 heavy (non-hydrogen) atoms. The second-order valence-electron chi connectivity index (χ2n) is 5.25. The number of pyridine rings is 1. The lowest BCUT2D eigenvalue weighted by atomic mass is 10.2. The van der Waals surface area contributed by atoms with E-state index in [1.165, 1.54) is 0 Å². The van der Waals surface area contributed by atoms with E-state index in [0.29, 0.717) is 11.6 Å². The van der Waals surface area contributed by atoms with Crippen molar-refractivity contribution in [2.75, 3.05) is 5.32 Å². The molecule has 0 bridgehead atoms. The number of nitrogens with zero attached hydrogens (tertiary/aromatic N) is 4. The van der Waals surface area contributed by atoms with Crippen LogP contribution in [-0.4, -0.2) is 25.8 Å². The van der Waals surface area contributed by atoms with Gasteiger partial charge in [-0.05, 0) is 18.2 Å². The molecule has 0 saturated carbocycles. The minimum atomic E-state index is -0.373. The molecule has 0 aliphatic rings. The summed E-state index contributed by atoms with van der Waals surface area (Å²) in [4.78, 5) is 16.5. The summed E-state index contributed by atoms with van der Waals surface area (Å²) in [6.45, 7) is 0. The van der Waals surface area contributed by atoms with Gasteiger partial charge < -0.3 is 9.84 Å². The Morgan fingerprint density at radius 1 is 1.04 bits per heavy atom. The van der Waals surface area contributed by atoms with E-state index in [4.69, 9.17) is 4.52 Å². The summed E-state index contributed by atoms with van der Waals surface area (Å²) in [5.41, 5.74) is 1.89. The predicted octanol–water partition coefficient (Wildman–Crippen LogP) is 3.17. The molecule has 0 fully saturated rings. The third-order valence-electron chi connectivity index (χ3n) is 3.56. The molecule has 3 aromatic heterocycles. The fraction of sp³-hybridized carbons (Fsp3) is 0. The van der Waals surface area contributed by atoms with Gasteiger partial charge in [-0.1, -0.05) is 35.5 Å². The monoisotopic (exact) mass is 331 g/mol. The van der Waals surface area contributed by atoms with Gasteiger partial charge in [0.15, 0.2) is 11.6 Å². The third kappa shape index (κ3) is 3.16. The van der Waals surface area contributed by atoms with Gasteiger partial charge in [0.2, 0.25) is 0 Å². The van der Waals surface area contributed by atoms with E-state index in [9.17, 15) is 4.79 Å². The summed E-state index contributed by atoms with van der Waals surface area (Å²) in [5.74, 6) is 0.534. The average molecular weight is 331 g/mol. The molecule has 0 unspecified atom stereocenters. The highest BCUT2D eigenvalue weighted by atomic mass is 16.5.